The van der Waals surface area contributed by atoms with Gasteiger partial charge in [0, 0.05) is 12.5 Å². The highest BCUT2D eigenvalue weighted by Crippen LogP contribution is 2.22. The molecule has 2 aromatic rings. The maximum atomic E-state index is 11.6. The highest BCUT2D eigenvalue weighted by atomic mass is 16.2. The largest absolute Gasteiger partial charge is 0.291 e. The lowest BCUT2D eigenvalue weighted by Crippen LogP contribution is -2.09. The Labute approximate surface area is 113 Å². The maximum absolute atomic E-state index is 11.6. The van der Waals surface area contributed by atoms with Gasteiger partial charge in [0.1, 0.15) is 0 Å². The molecule has 2 aromatic carbocycles. The molecule has 0 saturated heterocycles. The van der Waals surface area contributed by atoms with Crippen molar-refractivity contribution in [1.82, 2.24) is 0 Å². The summed E-state index contributed by atoms with van der Waals surface area (Å²) in [4.78, 5) is 22.6. The minimum atomic E-state index is -0.438. The molecule has 0 fully saturated rings. The van der Waals surface area contributed by atoms with Crippen molar-refractivity contribution in [2.45, 2.75) is 20.8 Å². The van der Waals surface area contributed by atoms with Gasteiger partial charge in [0.2, 0.25) is 5.78 Å². The molecule has 0 amide bonds. The molecule has 96 valence electrons. The first-order chi connectivity index (χ1) is 8.97. The van der Waals surface area contributed by atoms with Crippen LogP contribution in [0.1, 0.15) is 28.4 Å². The summed E-state index contributed by atoms with van der Waals surface area (Å²) in [7, 11) is 0. The summed E-state index contributed by atoms with van der Waals surface area (Å²) in [6.07, 6.45) is 0. The van der Waals surface area contributed by atoms with Gasteiger partial charge in [0.15, 0.2) is 5.78 Å². The summed E-state index contributed by atoms with van der Waals surface area (Å²) in [6.45, 7) is 5.41. The molecule has 0 aliphatic rings. The number of hydrogen-bond donors (Lipinski definition) is 0. The van der Waals surface area contributed by atoms with E-state index in [2.05, 4.69) is 32.0 Å². The van der Waals surface area contributed by atoms with Crippen molar-refractivity contribution >= 4 is 11.6 Å². The van der Waals surface area contributed by atoms with Crippen molar-refractivity contribution < 1.29 is 9.59 Å². The van der Waals surface area contributed by atoms with E-state index in [0.717, 1.165) is 11.1 Å². The summed E-state index contributed by atoms with van der Waals surface area (Å²) < 4.78 is 0. The molecule has 0 unspecified atom stereocenters. The van der Waals surface area contributed by atoms with E-state index in [1.54, 1.807) is 12.1 Å². The second kappa shape index (κ2) is 5.19. The van der Waals surface area contributed by atoms with E-state index in [1.807, 2.05) is 12.1 Å². The van der Waals surface area contributed by atoms with Crippen LogP contribution in [0.4, 0.5) is 0 Å². The quantitative estimate of drug-likeness (QED) is 0.616. The molecule has 0 heterocycles. The lowest BCUT2D eigenvalue weighted by Gasteiger charge is -2.06. The number of rotatable bonds is 3. The van der Waals surface area contributed by atoms with E-state index >= 15 is 0 Å². The molecular formula is C17H16O2. The molecule has 2 nitrogen and oxygen atoms in total. The zero-order chi connectivity index (χ0) is 14.0. The van der Waals surface area contributed by atoms with Crippen LogP contribution >= 0.6 is 0 Å². The fourth-order valence-electron chi connectivity index (χ4n) is 2.16. The number of ketones is 2. The van der Waals surface area contributed by atoms with Crippen LogP contribution in [0.15, 0.2) is 42.5 Å². The van der Waals surface area contributed by atoms with Crippen molar-refractivity contribution in [3.63, 3.8) is 0 Å². The Hall–Kier alpha value is -2.22. The Morgan fingerprint density at radius 2 is 1.32 bits per heavy atom. The third-order valence-corrected chi connectivity index (χ3v) is 3.02. The fourth-order valence-corrected chi connectivity index (χ4v) is 2.16. The zero-order valence-electron chi connectivity index (χ0n) is 11.4. The van der Waals surface area contributed by atoms with Crippen LogP contribution in [0.2, 0.25) is 0 Å². The van der Waals surface area contributed by atoms with Crippen LogP contribution < -0.4 is 0 Å². The Balaban J connectivity index is 2.37. The van der Waals surface area contributed by atoms with E-state index in [-0.39, 0.29) is 0 Å². The van der Waals surface area contributed by atoms with Crippen LogP contribution in [0.5, 0.6) is 0 Å². The van der Waals surface area contributed by atoms with Crippen molar-refractivity contribution in [3.05, 3.63) is 59.2 Å². The molecule has 0 bridgehead atoms. The van der Waals surface area contributed by atoms with E-state index < -0.39 is 11.6 Å². The molecule has 0 atom stereocenters. The third-order valence-electron chi connectivity index (χ3n) is 3.02. The highest BCUT2D eigenvalue weighted by Gasteiger charge is 2.10. The number of aryl methyl sites for hydroxylation is 2. The van der Waals surface area contributed by atoms with Crippen LogP contribution in [-0.4, -0.2) is 11.6 Å². The van der Waals surface area contributed by atoms with Crippen LogP contribution in [-0.2, 0) is 4.79 Å². The van der Waals surface area contributed by atoms with E-state index in [9.17, 15) is 9.59 Å². The minimum Gasteiger partial charge on any atom is -0.291 e. The van der Waals surface area contributed by atoms with Gasteiger partial charge in [-0.05, 0) is 25.0 Å². The highest BCUT2D eigenvalue weighted by molar-refractivity contribution is 6.42. The SMILES string of the molecule is CC(=O)C(=O)c1ccc(-c2cc(C)cc(C)c2)cc1. The molecule has 0 aromatic heterocycles. The third kappa shape index (κ3) is 2.97. The van der Waals surface area contributed by atoms with Crippen molar-refractivity contribution in [2.24, 2.45) is 0 Å². The smallest absolute Gasteiger partial charge is 0.228 e. The Morgan fingerprint density at radius 1 is 0.789 bits per heavy atom. The van der Waals surface area contributed by atoms with Gasteiger partial charge in [-0.2, -0.15) is 0 Å². The number of carbonyl (C=O) groups is 2. The van der Waals surface area contributed by atoms with E-state index in [1.165, 1.54) is 18.1 Å². The molecule has 0 aliphatic heterocycles. The lowest BCUT2D eigenvalue weighted by molar-refractivity contribution is -0.113. The number of hydrogen-bond acceptors (Lipinski definition) is 2. The van der Waals surface area contributed by atoms with Crippen molar-refractivity contribution in [2.75, 3.05) is 0 Å². The summed E-state index contributed by atoms with van der Waals surface area (Å²) in [5.74, 6) is -0.869. The first-order valence-corrected chi connectivity index (χ1v) is 6.21. The molecule has 2 heteroatoms. The summed E-state index contributed by atoms with van der Waals surface area (Å²) in [5.41, 5.74) is 5.03. The van der Waals surface area contributed by atoms with Crippen LogP contribution in [0.3, 0.4) is 0 Å². The molecule has 0 aliphatic carbocycles. The fraction of sp³-hybridized carbons (Fsp3) is 0.176. The van der Waals surface area contributed by atoms with Gasteiger partial charge in [0.25, 0.3) is 0 Å². The molecule has 0 radical (unpaired) electrons. The minimum absolute atomic E-state index is 0.431. The predicted molar refractivity (Wildman–Crippen MR) is 76.4 cm³/mol. The second-order valence-corrected chi connectivity index (χ2v) is 4.84. The molecular weight excluding hydrogens is 236 g/mol. The number of benzene rings is 2. The van der Waals surface area contributed by atoms with Gasteiger partial charge in [-0.25, -0.2) is 0 Å². The Kier molecular flexibility index (Phi) is 3.61. The van der Waals surface area contributed by atoms with E-state index in [0.29, 0.717) is 5.56 Å². The average Bonchev–Trinajstić information content (AvgIpc) is 2.37. The molecule has 0 spiro atoms. The van der Waals surface area contributed by atoms with Gasteiger partial charge < -0.3 is 0 Å². The first kappa shape index (κ1) is 13.2. The molecule has 19 heavy (non-hydrogen) atoms. The van der Waals surface area contributed by atoms with Gasteiger partial charge in [-0.15, -0.1) is 0 Å². The predicted octanol–water partition coefficient (Wildman–Crippen LogP) is 3.74. The van der Waals surface area contributed by atoms with Crippen LogP contribution in [0.25, 0.3) is 11.1 Å². The first-order valence-electron chi connectivity index (χ1n) is 6.21. The monoisotopic (exact) mass is 252 g/mol. The lowest BCUT2D eigenvalue weighted by atomic mass is 9.98. The van der Waals surface area contributed by atoms with Gasteiger partial charge in [-0.1, -0.05) is 53.6 Å². The number of Topliss-reactive ketones (excluding diaryl/α,β-unsaturated/α-hetero) is 2. The van der Waals surface area contributed by atoms with Gasteiger partial charge >= 0.3 is 0 Å². The van der Waals surface area contributed by atoms with Gasteiger partial charge in [0.05, 0.1) is 0 Å². The standard InChI is InChI=1S/C17H16O2/c1-11-8-12(2)10-16(9-11)14-4-6-15(7-5-14)17(19)13(3)18/h4-10H,1-3H3. The van der Waals surface area contributed by atoms with Gasteiger partial charge in [-0.3, -0.25) is 9.59 Å². The van der Waals surface area contributed by atoms with Crippen molar-refractivity contribution in [3.8, 4) is 11.1 Å². The maximum Gasteiger partial charge on any atom is 0.228 e. The molecule has 0 N–H and O–H groups in total. The topological polar surface area (TPSA) is 34.1 Å². The second-order valence-electron chi connectivity index (χ2n) is 4.84. The Morgan fingerprint density at radius 3 is 1.79 bits per heavy atom. The molecule has 0 saturated carbocycles. The zero-order valence-corrected chi connectivity index (χ0v) is 11.4. The Bertz CT molecular complexity index is 617. The van der Waals surface area contributed by atoms with E-state index in [4.69, 9.17) is 0 Å². The summed E-state index contributed by atoms with van der Waals surface area (Å²) in [6, 6.07) is 13.5. The summed E-state index contributed by atoms with van der Waals surface area (Å²) >= 11 is 0. The number of carbonyl (C=O) groups excluding carboxylic acids is 2. The summed E-state index contributed by atoms with van der Waals surface area (Å²) in [5, 5.41) is 0. The normalized spacial score (nSPS) is 10.3. The van der Waals surface area contributed by atoms with Crippen LogP contribution in [0, 0.1) is 13.8 Å². The molecule has 2 rings (SSSR count). The van der Waals surface area contributed by atoms with Crippen molar-refractivity contribution in [1.29, 1.82) is 0 Å². The average molecular weight is 252 g/mol.